The second-order valence-electron chi connectivity index (χ2n) is 7.59. The topological polar surface area (TPSA) is 135 Å². The molecule has 2 aromatic carbocycles. The third-order valence-corrected chi connectivity index (χ3v) is 7.13. The summed E-state index contributed by atoms with van der Waals surface area (Å²) in [5.41, 5.74) is 1.29. The molecule has 4 atom stereocenters. The molecule has 0 saturated carbocycles. The van der Waals surface area contributed by atoms with Crippen LogP contribution in [0, 0.1) is 5.92 Å². The summed E-state index contributed by atoms with van der Waals surface area (Å²) in [7, 11) is -5.38. The summed E-state index contributed by atoms with van der Waals surface area (Å²) < 4.78 is 31.6. The molecule has 0 saturated heterocycles. The molecule has 2 rings (SSSR count). The molecular formula is C22H24Na2O7S. The summed E-state index contributed by atoms with van der Waals surface area (Å²) in [6, 6.07) is 17.1. The summed E-state index contributed by atoms with van der Waals surface area (Å²) in [6.07, 6.45) is -1.06. The normalized spacial score (nSPS) is 15.7. The number of carboxylic acids is 2. The van der Waals surface area contributed by atoms with E-state index in [-0.39, 0.29) is 65.5 Å². The van der Waals surface area contributed by atoms with Crippen LogP contribution in [0.5, 0.6) is 0 Å². The minimum Gasteiger partial charge on any atom is -0.550 e. The van der Waals surface area contributed by atoms with Crippen molar-refractivity contribution in [1.82, 2.24) is 0 Å². The van der Waals surface area contributed by atoms with Crippen molar-refractivity contribution >= 4 is 22.1 Å². The van der Waals surface area contributed by atoms with Crippen LogP contribution in [-0.2, 0) is 19.7 Å². The van der Waals surface area contributed by atoms with Crippen molar-refractivity contribution in [3.8, 4) is 0 Å². The average molecular weight is 478 g/mol. The van der Waals surface area contributed by atoms with Gasteiger partial charge in [0, 0.05) is 11.9 Å². The molecule has 10 heteroatoms. The van der Waals surface area contributed by atoms with E-state index in [0.717, 1.165) is 0 Å². The van der Waals surface area contributed by atoms with Crippen molar-refractivity contribution in [2.75, 3.05) is 0 Å². The number of carbonyl (C=O) groups is 2. The van der Waals surface area contributed by atoms with Gasteiger partial charge in [-0.15, -0.1) is 0 Å². The van der Waals surface area contributed by atoms with Crippen LogP contribution in [0.15, 0.2) is 60.7 Å². The van der Waals surface area contributed by atoms with Gasteiger partial charge in [-0.3, -0.25) is 4.55 Å². The Morgan fingerprint density at radius 3 is 1.62 bits per heavy atom. The predicted octanol–water partition coefficient (Wildman–Crippen LogP) is -4.88. The fourth-order valence-corrected chi connectivity index (χ4v) is 5.08. The second-order valence-corrected chi connectivity index (χ2v) is 9.27. The van der Waals surface area contributed by atoms with E-state index in [4.69, 9.17) is 0 Å². The Hall–Kier alpha value is -0.710. The van der Waals surface area contributed by atoms with E-state index in [1.54, 1.807) is 74.5 Å². The minimum absolute atomic E-state index is 0. The maximum atomic E-state index is 12.4. The smallest absolute Gasteiger partial charge is 0.550 e. The first-order chi connectivity index (χ1) is 14.0. The van der Waals surface area contributed by atoms with Crippen LogP contribution in [0.3, 0.4) is 0 Å². The van der Waals surface area contributed by atoms with Gasteiger partial charge in [-0.05, 0) is 35.8 Å². The van der Waals surface area contributed by atoms with Gasteiger partial charge in [0.05, 0.1) is 5.97 Å². The zero-order valence-electron chi connectivity index (χ0n) is 18.7. The van der Waals surface area contributed by atoms with Crippen LogP contribution < -0.4 is 69.3 Å². The SMILES string of the molecule is CC(CC(C(=O)[O-])C(CC(C)c1ccccc1)(C(=O)[O-])S(=O)(=O)O)c1ccccc1.[Na+].[Na+]. The number of benzene rings is 2. The van der Waals surface area contributed by atoms with Crippen molar-refractivity contribution in [2.45, 2.75) is 43.3 Å². The van der Waals surface area contributed by atoms with Crippen LogP contribution in [0.25, 0.3) is 0 Å². The molecule has 0 radical (unpaired) electrons. The first-order valence-corrected chi connectivity index (χ1v) is 10.9. The molecule has 0 bridgehead atoms. The van der Waals surface area contributed by atoms with E-state index in [1.807, 2.05) is 0 Å². The van der Waals surface area contributed by atoms with Crippen LogP contribution in [0.1, 0.15) is 49.7 Å². The Labute approximate surface area is 233 Å². The Balaban J connectivity index is 0.00000480. The van der Waals surface area contributed by atoms with E-state index in [0.29, 0.717) is 11.1 Å². The van der Waals surface area contributed by atoms with Crippen LogP contribution in [0.2, 0.25) is 0 Å². The summed E-state index contributed by atoms with van der Waals surface area (Å²) in [5, 5.41) is 24.2. The van der Waals surface area contributed by atoms with Crippen molar-refractivity contribution in [3.05, 3.63) is 71.8 Å². The molecule has 0 fully saturated rings. The summed E-state index contributed by atoms with van der Waals surface area (Å²) >= 11 is 0. The first kappa shape index (κ1) is 31.3. The molecule has 1 N–H and O–H groups in total. The van der Waals surface area contributed by atoms with E-state index in [2.05, 4.69) is 0 Å². The molecule has 0 aromatic heterocycles. The van der Waals surface area contributed by atoms with E-state index >= 15 is 0 Å². The first-order valence-electron chi connectivity index (χ1n) is 9.50. The molecular weight excluding hydrogens is 454 g/mol. The largest absolute Gasteiger partial charge is 1.00 e. The van der Waals surface area contributed by atoms with E-state index < -0.39 is 51.0 Å². The number of hydrogen-bond acceptors (Lipinski definition) is 6. The summed E-state index contributed by atoms with van der Waals surface area (Å²) in [4.78, 5) is 24.2. The van der Waals surface area contributed by atoms with Gasteiger partial charge in [-0.2, -0.15) is 8.42 Å². The predicted molar refractivity (Wildman–Crippen MR) is 107 cm³/mol. The van der Waals surface area contributed by atoms with Gasteiger partial charge in [0.1, 0.15) is 4.75 Å². The number of carbonyl (C=O) groups excluding carboxylic acids is 2. The molecule has 162 valence electrons. The van der Waals surface area contributed by atoms with Crippen molar-refractivity contribution in [3.63, 3.8) is 0 Å². The quantitative estimate of drug-likeness (QED) is 0.267. The number of aliphatic carboxylic acids is 2. The fourth-order valence-electron chi connectivity index (χ4n) is 3.86. The van der Waals surface area contributed by atoms with Gasteiger partial charge in [-0.25, -0.2) is 0 Å². The van der Waals surface area contributed by atoms with Crippen LogP contribution in [-0.4, -0.2) is 29.7 Å². The standard InChI is InChI=1S/C22H26O7S.2Na/c1-15(17-9-5-3-6-10-17)13-19(20(23)24)22(21(25)26,30(27,28)29)14-16(2)18-11-7-4-8-12-18;;/h3-12,15-16,19H,13-14H2,1-2H3,(H,23,24)(H,25,26)(H,27,28,29);;/q;2*+1/p-2. The van der Waals surface area contributed by atoms with Gasteiger partial charge in [-0.1, -0.05) is 74.5 Å². The molecule has 2 aromatic rings. The van der Waals surface area contributed by atoms with E-state index in [9.17, 15) is 32.8 Å². The minimum atomic E-state index is -5.38. The molecule has 4 unspecified atom stereocenters. The molecule has 0 heterocycles. The monoisotopic (exact) mass is 478 g/mol. The Bertz CT molecular complexity index is 984. The van der Waals surface area contributed by atoms with Gasteiger partial charge in [0.2, 0.25) is 0 Å². The average Bonchev–Trinajstić information content (AvgIpc) is 2.70. The Morgan fingerprint density at radius 1 is 0.875 bits per heavy atom. The number of hydrogen-bond donors (Lipinski definition) is 1. The zero-order chi connectivity index (χ0) is 22.5. The van der Waals surface area contributed by atoms with Crippen molar-refractivity contribution in [1.29, 1.82) is 0 Å². The third-order valence-electron chi connectivity index (χ3n) is 5.59. The number of carboxylic acid groups (broad SMARTS) is 2. The third kappa shape index (κ3) is 7.14. The van der Waals surface area contributed by atoms with Crippen molar-refractivity contribution in [2.24, 2.45) is 5.92 Å². The molecule has 0 spiro atoms. The maximum Gasteiger partial charge on any atom is 1.00 e. The van der Waals surface area contributed by atoms with Crippen LogP contribution >= 0.6 is 0 Å². The molecule has 0 aliphatic rings. The summed E-state index contributed by atoms with van der Waals surface area (Å²) in [5.74, 6) is -7.28. The van der Waals surface area contributed by atoms with Gasteiger partial charge < -0.3 is 19.8 Å². The van der Waals surface area contributed by atoms with Gasteiger partial charge in [0.15, 0.2) is 0 Å². The molecule has 7 nitrogen and oxygen atoms in total. The van der Waals surface area contributed by atoms with Crippen molar-refractivity contribution < 1.29 is 91.9 Å². The summed E-state index contributed by atoms with van der Waals surface area (Å²) in [6.45, 7) is 3.21. The molecule has 0 amide bonds. The Morgan fingerprint density at radius 2 is 1.28 bits per heavy atom. The number of rotatable bonds is 10. The van der Waals surface area contributed by atoms with Crippen LogP contribution in [0.4, 0.5) is 0 Å². The molecule has 32 heavy (non-hydrogen) atoms. The molecule has 0 aliphatic carbocycles. The van der Waals surface area contributed by atoms with Gasteiger partial charge >= 0.3 is 59.1 Å². The molecule has 0 aliphatic heterocycles. The van der Waals surface area contributed by atoms with Gasteiger partial charge in [0.25, 0.3) is 10.1 Å². The Kier molecular flexibility index (Phi) is 13.0. The fraction of sp³-hybridized carbons (Fsp3) is 0.364. The maximum absolute atomic E-state index is 12.4. The van der Waals surface area contributed by atoms with E-state index in [1.165, 1.54) is 0 Å². The zero-order valence-corrected chi connectivity index (χ0v) is 23.5. The second kappa shape index (κ2) is 13.2.